The average molecular weight is 308 g/mol. The minimum Gasteiger partial charge on any atom is -0.398 e. The van der Waals surface area contributed by atoms with Gasteiger partial charge in [0.1, 0.15) is 0 Å². The van der Waals surface area contributed by atoms with Crippen molar-refractivity contribution in [1.82, 2.24) is 20.2 Å². The van der Waals surface area contributed by atoms with Crippen LogP contribution in [0.25, 0.3) is 11.4 Å². The lowest BCUT2D eigenvalue weighted by Crippen LogP contribution is -2.05. The maximum Gasteiger partial charge on any atom is 0.182 e. The molecule has 1 aromatic carbocycles. The number of halogens is 1. The Kier molecular flexibility index (Phi) is 2.45. The van der Waals surface area contributed by atoms with E-state index in [4.69, 9.17) is 5.73 Å². The number of nitrogens with zero attached hydrogens (tertiary/aromatic N) is 4. The minimum atomic E-state index is 0.283. The molecule has 94 valence electrons. The first-order valence-electron chi connectivity index (χ1n) is 5.82. The monoisotopic (exact) mass is 307 g/mol. The molecular formula is C12H14BrN5. The number of tetrazole rings is 1. The van der Waals surface area contributed by atoms with E-state index in [9.17, 15) is 0 Å². The first-order chi connectivity index (χ1) is 8.49. The third kappa shape index (κ3) is 1.80. The topological polar surface area (TPSA) is 69.6 Å². The fourth-order valence-corrected chi connectivity index (χ4v) is 2.38. The zero-order valence-electron chi connectivity index (χ0n) is 10.3. The summed E-state index contributed by atoms with van der Waals surface area (Å²) in [7, 11) is 0. The van der Waals surface area contributed by atoms with Gasteiger partial charge in [0.25, 0.3) is 0 Å². The number of hydrogen-bond donors (Lipinski definition) is 1. The molecule has 0 spiro atoms. The van der Waals surface area contributed by atoms with Crippen LogP contribution in [0.2, 0.25) is 0 Å². The molecule has 1 heterocycles. The zero-order valence-corrected chi connectivity index (χ0v) is 11.8. The highest BCUT2D eigenvalue weighted by atomic mass is 79.9. The van der Waals surface area contributed by atoms with Crippen molar-refractivity contribution < 1.29 is 0 Å². The van der Waals surface area contributed by atoms with Crippen LogP contribution in [0, 0.1) is 5.41 Å². The zero-order chi connectivity index (χ0) is 12.9. The van der Waals surface area contributed by atoms with Crippen molar-refractivity contribution in [1.29, 1.82) is 0 Å². The van der Waals surface area contributed by atoms with E-state index in [1.54, 1.807) is 0 Å². The quantitative estimate of drug-likeness (QED) is 0.866. The highest BCUT2D eigenvalue weighted by molar-refractivity contribution is 9.10. The maximum atomic E-state index is 5.90. The number of nitrogen functional groups attached to an aromatic ring is 1. The van der Waals surface area contributed by atoms with Crippen molar-refractivity contribution in [3.8, 4) is 11.4 Å². The van der Waals surface area contributed by atoms with E-state index in [1.165, 1.54) is 0 Å². The van der Waals surface area contributed by atoms with Crippen molar-refractivity contribution in [3.05, 3.63) is 22.7 Å². The van der Waals surface area contributed by atoms with Crippen LogP contribution in [0.3, 0.4) is 0 Å². The van der Waals surface area contributed by atoms with Crippen LogP contribution < -0.4 is 5.73 Å². The molecule has 0 radical (unpaired) electrons. The standard InChI is InChI=1S/C12H14BrN5/c1-12(2)6-10(12)18-11(15-16-17-18)7-3-4-8(13)9(14)5-7/h3-5,10H,6,14H2,1-2H3. The van der Waals surface area contributed by atoms with Gasteiger partial charge in [-0.1, -0.05) is 13.8 Å². The van der Waals surface area contributed by atoms with E-state index in [-0.39, 0.29) is 5.41 Å². The lowest BCUT2D eigenvalue weighted by Gasteiger charge is -2.07. The Bertz CT molecular complexity index is 604. The lowest BCUT2D eigenvalue weighted by molar-refractivity contribution is 0.497. The molecule has 0 aliphatic heterocycles. The van der Waals surface area contributed by atoms with Gasteiger partial charge in [-0.15, -0.1) is 5.10 Å². The second-order valence-corrected chi connectivity index (χ2v) is 6.25. The number of anilines is 1. The van der Waals surface area contributed by atoms with E-state index in [2.05, 4.69) is 45.3 Å². The van der Waals surface area contributed by atoms with Gasteiger partial charge in [-0.2, -0.15) is 0 Å². The molecule has 2 N–H and O–H groups in total. The summed E-state index contributed by atoms with van der Waals surface area (Å²) in [6, 6.07) is 6.16. The lowest BCUT2D eigenvalue weighted by atomic mass is 10.1. The van der Waals surface area contributed by atoms with Crippen molar-refractivity contribution in [3.63, 3.8) is 0 Å². The third-order valence-corrected chi connectivity index (χ3v) is 4.23. The third-order valence-electron chi connectivity index (χ3n) is 3.50. The van der Waals surface area contributed by atoms with Crippen LogP contribution in [-0.2, 0) is 0 Å². The Morgan fingerprint density at radius 3 is 2.78 bits per heavy atom. The molecule has 3 rings (SSSR count). The number of benzene rings is 1. The molecule has 0 amide bonds. The van der Waals surface area contributed by atoms with Crippen LogP contribution >= 0.6 is 15.9 Å². The summed E-state index contributed by atoms with van der Waals surface area (Å²) in [6.07, 6.45) is 1.11. The van der Waals surface area contributed by atoms with Crippen LogP contribution in [0.15, 0.2) is 22.7 Å². The van der Waals surface area contributed by atoms with Gasteiger partial charge < -0.3 is 5.73 Å². The summed E-state index contributed by atoms with van der Waals surface area (Å²) in [6.45, 7) is 4.44. The Balaban J connectivity index is 2.02. The first-order valence-corrected chi connectivity index (χ1v) is 6.61. The van der Waals surface area contributed by atoms with E-state index in [0.717, 1.165) is 22.3 Å². The van der Waals surface area contributed by atoms with Crippen LogP contribution in [0.4, 0.5) is 5.69 Å². The Hall–Kier alpha value is -1.43. The Morgan fingerprint density at radius 2 is 2.17 bits per heavy atom. The molecule has 18 heavy (non-hydrogen) atoms. The minimum absolute atomic E-state index is 0.283. The number of aromatic nitrogens is 4. The second-order valence-electron chi connectivity index (χ2n) is 5.39. The van der Waals surface area contributed by atoms with Gasteiger partial charge in [-0.25, -0.2) is 4.68 Å². The predicted octanol–water partition coefficient (Wildman–Crippen LogP) is 2.66. The van der Waals surface area contributed by atoms with E-state index in [1.807, 2.05) is 22.9 Å². The number of nitrogens with two attached hydrogens (primary N) is 1. The van der Waals surface area contributed by atoms with Gasteiger partial charge >= 0.3 is 0 Å². The van der Waals surface area contributed by atoms with E-state index in [0.29, 0.717) is 11.7 Å². The maximum absolute atomic E-state index is 5.90. The molecule has 0 saturated heterocycles. The largest absolute Gasteiger partial charge is 0.398 e. The van der Waals surface area contributed by atoms with Crippen molar-refractivity contribution in [2.45, 2.75) is 26.3 Å². The Morgan fingerprint density at radius 1 is 1.44 bits per heavy atom. The normalized spacial score (nSPS) is 20.9. The van der Waals surface area contributed by atoms with Crippen molar-refractivity contribution >= 4 is 21.6 Å². The SMILES string of the molecule is CC1(C)CC1n1nnnc1-c1ccc(Br)c(N)c1. The van der Waals surface area contributed by atoms with Gasteiger partial charge in [0.15, 0.2) is 5.82 Å². The van der Waals surface area contributed by atoms with E-state index < -0.39 is 0 Å². The molecule has 2 aromatic rings. The van der Waals surface area contributed by atoms with Crippen LogP contribution in [0.1, 0.15) is 26.3 Å². The molecule has 1 fully saturated rings. The van der Waals surface area contributed by atoms with Gasteiger partial charge in [0.05, 0.1) is 6.04 Å². The number of hydrogen-bond acceptors (Lipinski definition) is 4. The summed E-state index contributed by atoms with van der Waals surface area (Å²) < 4.78 is 2.79. The predicted molar refractivity (Wildman–Crippen MR) is 72.8 cm³/mol. The molecule has 1 aromatic heterocycles. The molecule has 6 heteroatoms. The van der Waals surface area contributed by atoms with Crippen molar-refractivity contribution in [2.24, 2.45) is 5.41 Å². The first kappa shape index (κ1) is 11.6. The molecule has 1 unspecified atom stereocenters. The summed E-state index contributed by atoms with van der Waals surface area (Å²) in [5.74, 6) is 0.782. The van der Waals surface area contributed by atoms with Crippen LogP contribution in [-0.4, -0.2) is 20.2 Å². The molecule has 1 atom stereocenters. The number of rotatable bonds is 2. The van der Waals surface area contributed by atoms with Gasteiger partial charge in [0.2, 0.25) is 0 Å². The van der Waals surface area contributed by atoms with E-state index >= 15 is 0 Å². The molecular weight excluding hydrogens is 294 g/mol. The van der Waals surface area contributed by atoms with Crippen molar-refractivity contribution in [2.75, 3.05) is 5.73 Å². The molecule has 5 nitrogen and oxygen atoms in total. The fraction of sp³-hybridized carbons (Fsp3) is 0.417. The summed E-state index contributed by atoms with van der Waals surface area (Å²) in [5.41, 5.74) is 7.82. The molecule has 1 saturated carbocycles. The second kappa shape index (κ2) is 3.78. The molecule has 0 bridgehead atoms. The fourth-order valence-electron chi connectivity index (χ4n) is 2.13. The molecule has 1 aliphatic carbocycles. The summed E-state index contributed by atoms with van der Waals surface area (Å²) in [5, 5.41) is 12.0. The Labute approximate surface area is 113 Å². The molecule has 1 aliphatic rings. The summed E-state index contributed by atoms with van der Waals surface area (Å²) >= 11 is 3.39. The summed E-state index contributed by atoms with van der Waals surface area (Å²) in [4.78, 5) is 0. The highest BCUT2D eigenvalue weighted by Gasteiger charge is 2.49. The average Bonchev–Trinajstić information content (AvgIpc) is 2.77. The van der Waals surface area contributed by atoms with Gasteiger partial charge in [0, 0.05) is 15.7 Å². The highest BCUT2D eigenvalue weighted by Crippen LogP contribution is 2.55. The van der Waals surface area contributed by atoms with Crippen LogP contribution in [0.5, 0.6) is 0 Å². The van der Waals surface area contributed by atoms with Gasteiger partial charge in [-0.3, -0.25) is 0 Å². The van der Waals surface area contributed by atoms with Gasteiger partial charge in [-0.05, 0) is 56.4 Å². The smallest absolute Gasteiger partial charge is 0.182 e.